The van der Waals surface area contributed by atoms with Crippen LogP contribution in [-0.4, -0.2) is 23.6 Å². The summed E-state index contributed by atoms with van der Waals surface area (Å²) in [5.74, 6) is 1.52. The number of ether oxygens (including phenoxy) is 1. The van der Waals surface area contributed by atoms with E-state index in [0.29, 0.717) is 17.6 Å². The Labute approximate surface area is 100 Å². The lowest BCUT2D eigenvalue weighted by atomic mass is 9.91. The number of hydrogen-bond acceptors (Lipinski definition) is 5. The molecule has 0 saturated heterocycles. The number of hydrogen-bond donors (Lipinski definition) is 1. The summed E-state index contributed by atoms with van der Waals surface area (Å²) in [6.45, 7) is 2.12. The molecule has 2 rings (SSSR count). The van der Waals surface area contributed by atoms with Crippen molar-refractivity contribution in [2.75, 3.05) is 7.11 Å². The highest BCUT2D eigenvalue weighted by atomic mass is 16.5. The molecule has 0 aliphatic carbocycles. The summed E-state index contributed by atoms with van der Waals surface area (Å²) < 4.78 is 5.03. The van der Waals surface area contributed by atoms with E-state index in [1.807, 2.05) is 12.1 Å². The second-order valence-corrected chi connectivity index (χ2v) is 3.98. The highest BCUT2D eigenvalue weighted by molar-refractivity contribution is 6.05. The van der Waals surface area contributed by atoms with Crippen LogP contribution in [0.3, 0.4) is 0 Å². The molecule has 5 heteroatoms. The van der Waals surface area contributed by atoms with Crippen LogP contribution in [0.2, 0.25) is 0 Å². The first-order valence-corrected chi connectivity index (χ1v) is 5.65. The predicted octanol–water partition coefficient (Wildman–Crippen LogP) is 1.58. The van der Waals surface area contributed by atoms with Crippen molar-refractivity contribution in [3.05, 3.63) is 23.9 Å². The molecule has 0 spiro atoms. The fraction of sp³-hybridized carbons (Fsp3) is 0.417. The number of methoxy groups -OCH3 is 1. The lowest BCUT2D eigenvalue weighted by molar-refractivity contribution is 0.398. The van der Waals surface area contributed by atoms with E-state index in [1.165, 1.54) is 0 Å². The molecule has 0 saturated carbocycles. The van der Waals surface area contributed by atoms with Gasteiger partial charge in [0.05, 0.1) is 12.8 Å². The third kappa shape index (κ3) is 2.43. The molecule has 90 valence electrons. The van der Waals surface area contributed by atoms with Crippen molar-refractivity contribution in [1.82, 2.24) is 4.98 Å². The topological polar surface area (TPSA) is 72.9 Å². The Bertz CT molecular complexity index is 450. The van der Waals surface area contributed by atoms with Crippen molar-refractivity contribution in [2.24, 2.45) is 21.9 Å². The van der Waals surface area contributed by atoms with E-state index >= 15 is 0 Å². The highest BCUT2D eigenvalue weighted by Gasteiger charge is 2.21. The highest BCUT2D eigenvalue weighted by Crippen LogP contribution is 2.21. The Morgan fingerprint density at radius 3 is 2.82 bits per heavy atom. The lowest BCUT2D eigenvalue weighted by Crippen LogP contribution is -2.26. The maximum Gasteiger partial charge on any atom is 0.212 e. The van der Waals surface area contributed by atoms with Crippen molar-refractivity contribution >= 4 is 11.5 Å². The molecular weight excluding hydrogens is 216 g/mol. The van der Waals surface area contributed by atoms with Crippen molar-refractivity contribution in [2.45, 2.75) is 19.8 Å². The zero-order chi connectivity index (χ0) is 12.3. The van der Waals surface area contributed by atoms with Crippen LogP contribution in [0.4, 0.5) is 0 Å². The van der Waals surface area contributed by atoms with Crippen LogP contribution in [0.25, 0.3) is 0 Å². The first-order valence-electron chi connectivity index (χ1n) is 5.65. The minimum absolute atomic E-state index is 0.322. The Kier molecular flexibility index (Phi) is 3.37. The quantitative estimate of drug-likeness (QED) is 0.859. The fourth-order valence-electron chi connectivity index (χ4n) is 1.87. The molecular formula is C12H16N4O. The summed E-state index contributed by atoms with van der Waals surface area (Å²) in [6, 6.07) is 3.77. The summed E-state index contributed by atoms with van der Waals surface area (Å²) in [5, 5.41) is 8.14. The molecule has 5 nitrogen and oxygen atoms in total. The average molecular weight is 232 g/mol. The Morgan fingerprint density at radius 2 is 2.24 bits per heavy atom. The van der Waals surface area contributed by atoms with E-state index < -0.39 is 0 Å². The van der Waals surface area contributed by atoms with Gasteiger partial charge in [0.2, 0.25) is 5.88 Å². The minimum Gasteiger partial charge on any atom is -0.481 e. The molecule has 17 heavy (non-hydrogen) atoms. The van der Waals surface area contributed by atoms with E-state index in [1.54, 1.807) is 13.3 Å². The van der Waals surface area contributed by atoms with Crippen LogP contribution < -0.4 is 10.5 Å². The second kappa shape index (κ2) is 4.95. The number of pyridine rings is 1. The summed E-state index contributed by atoms with van der Waals surface area (Å²) in [5.41, 5.74) is 7.63. The maximum absolute atomic E-state index is 5.69. The Balaban J connectivity index is 2.30. The number of aromatic nitrogens is 1. The van der Waals surface area contributed by atoms with Gasteiger partial charge in [0.25, 0.3) is 0 Å². The van der Waals surface area contributed by atoms with E-state index in [0.717, 1.165) is 24.1 Å². The van der Waals surface area contributed by atoms with E-state index in [2.05, 4.69) is 22.1 Å². The van der Waals surface area contributed by atoms with Gasteiger partial charge in [-0.05, 0) is 12.5 Å². The molecule has 1 atom stereocenters. The first-order chi connectivity index (χ1) is 8.24. The van der Waals surface area contributed by atoms with E-state index in [9.17, 15) is 0 Å². The van der Waals surface area contributed by atoms with Crippen molar-refractivity contribution in [1.29, 1.82) is 0 Å². The number of amidine groups is 1. The number of nitrogens with two attached hydrogens (primary N) is 1. The normalized spacial score (nSPS) is 19.5. The van der Waals surface area contributed by atoms with Gasteiger partial charge < -0.3 is 10.5 Å². The lowest BCUT2D eigenvalue weighted by Gasteiger charge is -2.19. The molecule has 1 aliphatic rings. The van der Waals surface area contributed by atoms with Gasteiger partial charge in [-0.15, -0.1) is 5.10 Å². The van der Waals surface area contributed by atoms with Crippen molar-refractivity contribution < 1.29 is 4.74 Å². The summed E-state index contributed by atoms with van der Waals surface area (Å²) in [4.78, 5) is 4.18. The Hall–Kier alpha value is -1.91. The first kappa shape index (κ1) is 11.6. The largest absolute Gasteiger partial charge is 0.481 e. The molecule has 1 aromatic rings. The number of nitrogens with zero attached hydrogens (tertiary/aromatic N) is 3. The van der Waals surface area contributed by atoms with Gasteiger partial charge in [0.15, 0.2) is 0 Å². The maximum atomic E-state index is 5.69. The summed E-state index contributed by atoms with van der Waals surface area (Å²) in [6.07, 6.45) is 3.51. The van der Waals surface area contributed by atoms with Crippen LogP contribution in [0, 0.1) is 5.92 Å². The molecule has 1 aliphatic heterocycles. The number of rotatable bonds is 3. The molecule has 0 radical (unpaired) electrons. The van der Waals surface area contributed by atoms with Crippen LogP contribution in [0.1, 0.15) is 25.3 Å². The Morgan fingerprint density at radius 1 is 1.41 bits per heavy atom. The van der Waals surface area contributed by atoms with Gasteiger partial charge in [-0.3, -0.25) is 0 Å². The third-order valence-corrected chi connectivity index (χ3v) is 2.86. The molecule has 2 N–H and O–H groups in total. The standard InChI is InChI=1S/C12H16N4O/c1-3-8-6-10(13)15-16-12(8)9-4-5-11(17-2)14-7-9/h4-5,7-8H,3,6H2,1-2H3,(H2,13,15). The predicted molar refractivity (Wildman–Crippen MR) is 67.3 cm³/mol. The van der Waals surface area contributed by atoms with Gasteiger partial charge >= 0.3 is 0 Å². The van der Waals surface area contributed by atoms with Crippen LogP contribution in [-0.2, 0) is 0 Å². The van der Waals surface area contributed by atoms with Gasteiger partial charge in [0.1, 0.15) is 5.84 Å². The van der Waals surface area contributed by atoms with Crippen molar-refractivity contribution in [3.8, 4) is 5.88 Å². The van der Waals surface area contributed by atoms with Gasteiger partial charge in [-0.1, -0.05) is 6.92 Å². The molecule has 0 fully saturated rings. The molecule has 0 aromatic carbocycles. The van der Waals surface area contributed by atoms with Crippen LogP contribution in [0.5, 0.6) is 5.88 Å². The minimum atomic E-state index is 0.322. The zero-order valence-electron chi connectivity index (χ0n) is 10.1. The third-order valence-electron chi connectivity index (χ3n) is 2.86. The molecule has 0 amide bonds. The van der Waals surface area contributed by atoms with Gasteiger partial charge in [-0.2, -0.15) is 5.10 Å². The molecule has 0 bridgehead atoms. The fourth-order valence-corrected chi connectivity index (χ4v) is 1.87. The zero-order valence-corrected chi connectivity index (χ0v) is 10.1. The average Bonchev–Trinajstić information content (AvgIpc) is 2.39. The molecule has 1 unspecified atom stereocenters. The molecule has 2 heterocycles. The SMILES string of the molecule is CCC1CC(N)=NN=C1c1ccc(OC)nc1. The van der Waals surface area contributed by atoms with E-state index in [-0.39, 0.29) is 0 Å². The van der Waals surface area contributed by atoms with Crippen LogP contribution in [0.15, 0.2) is 28.5 Å². The van der Waals surface area contributed by atoms with E-state index in [4.69, 9.17) is 10.5 Å². The smallest absolute Gasteiger partial charge is 0.212 e. The second-order valence-electron chi connectivity index (χ2n) is 3.98. The molecule has 1 aromatic heterocycles. The van der Waals surface area contributed by atoms with Crippen LogP contribution >= 0.6 is 0 Å². The summed E-state index contributed by atoms with van der Waals surface area (Å²) >= 11 is 0. The summed E-state index contributed by atoms with van der Waals surface area (Å²) in [7, 11) is 1.60. The van der Waals surface area contributed by atoms with Gasteiger partial charge in [0, 0.05) is 30.2 Å². The monoisotopic (exact) mass is 232 g/mol. The van der Waals surface area contributed by atoms with Gasteiger partial charge in [-0.25, -0.2) is 4.98 Å². The van der Waals surface area contributed by atoms with Crippen molar-refractivity contribution in [3.63, 3.8) is 0 Å².